The highest BCUT2D eigenvalue weighted by Crippen LogP contribution is 1.75. The molecule has 4 heteroatoms. The molecule has 0 aromatic carbocycles. The van der Waals surface area contributed by atoms with Crippen LogP contribution in [0.4, 0.5) is 4.39 Å². The molecule has 3 nitrogen and oxygen atoms in total. The van der Waals surface area contributed by atoms with Gasteiger partial charge in [0.2, 0.25) is 0 Å². The molecule has 1 rings (SSSR count). The zero-order chi connectivity index (χ0) is 7.40. The van der Waals surface area contributed by atoms with Crippen LogP contribution < -0.4 is 5.56 Å². The minimum atomic E-state index is -0.579. The van der Waals surface area contributed by atoms with Crippen LogP contribution >= 0.6 is 0 Å². The van der Waals surface area contributed by atoms with Crippen LogP contribution in [0.3, 0.4) is 0 Å². The normalized spacial score (nSPS) is 9.70. The van der Waals surface area contributed by atoms with Gasteiger partial charge in [0.25, 0.3) is 5.56 Å². The minimum absolute atomic E-state index is 0.0101. The zero-order valence-electron chi connectivity index (χ0n) is 5.25. The summed E-state index contributed by atoms with van der Waals surface area (Å²) in [6, 6.07) is 2.69. The summed E-state index contributed by atoms with van der Waals surface area (Å²) in [6.07, 6.45) is 2.43. The first kappa shape index (κ1) is 6.92. The summed E-state index contributed by atoms with van der Waals surface area (Å²) < 4.78 is 12.7. The van der Waals surface area contributed by atoms with Crippen LogP contribution in [0.15, 0.2) is 16.9 Å². The molecule has 0 saturated carbocycles. The molecule has 0 atom stereocenters. The van der Waals surface area contributed by atoms with Gasteiger partial charge in [0.1, 0.15) is 12.9 Å². The second kappa shape index (κ2) is 3.10. The molecular weight excluding hydrogens is 135 g/mol. The van der Waals surface area contributed by atoms with Crippen molar-refractivity contribution in [3.05, 3.63) is 28.7 Å². The molecule has 1 aromatic rings. The molecule has 0 saturated heterocycles. The molecule has 0 N–H and O–H groups in total. The van der Waals surface area contributed by atoms with Gasteiger partial charge in [-0.15, -0.1) is 0 Å². The summed E-state index contributed by atoms with van der Waals surface area (Å²) >= 11 is 0. The molecule has 53 valence electrons. The number of aromatic nitrogens is 2. The van der Waals surface area contributed by atoms with Gasteiger partial charge in [0.05, 0.1) is 6.54 Å². The smallest absolute Gasteiger partial charge is 0.266 e. The fraction of sp³-hybridized carbons (Fsp3) is 0.333. The van der Waals surface area contributed by atoms with Crippen LogP contribution in [0.25, 0.3) is 0 Å². The Bertz CT molecular complexity index is 258. The average molecular weight is 141 g/mol. The Morgan fingerprint density at radius 2 is 2.60 bits per heavy atom. The lowest BCUT2D eigenvalue weighted by molar-refractivity contribution is 0.416. The highest BCUT2D eigenvalue weighted by molar-refractivity contribution is 4.82. The lowest BCUT2D eigenvalue weighted by atomic mass is 10.5. The van der Waals surface area contributed by atoms with Crippen molar-refractivity contribution in [3.63, 3.8) is 0 Å². The maximum atomic E-state index is 11.6. The Hall–Kier alpha value is -1.19. The van der Waals surface area contributed by atoms with Crippen LogP contribution in [0.2, 0.25) is 0 Å². The first-order valence-electron chi connectivity index (χ1n) is 2.85. The molecule has 0 aliphatic heterocycles. The van der Waals surface area contributed by atoms with E-state index < -0.39 is 6.67 Å². The Kier molecular flexibility index (Phi) is 2.15. The van der Waals surface area contributed by atoms with Crippen molar-refractivity contribution in [3.8, 4) is 0 Å². The van der Waals surface area contributed by atoms with Crippen LogP contribution in [-0.2, 0) is 6.54 Å². The van der Waals surface area contributed by atoms with Gasteiger partial charge < -0.3 is 0 Å². The van der Waals surface area contributed by atoms with Crippen LogP contribution in [0.5, 0.6) is 0 Å². The number of nitrogens with zero attached hydrogens (tertiary/aromatic N) is 2. The van der Waals surface area contributed by atoms with Crippen LogP contribution in [-0.4, -0.2) is 16.5 Å². The highest BCUT2D eigenvalue weighted by Gasteiger charge is 1.91. The molecule has 0 aliphatic carbocycles. The summed E-state index contributed by atoms with van der Waals surface area (Å²) in [5, 5.41) is 3.51. The Balaban J connectivity index is 2.92. The Labute approximate surface area is 57.1 Å². The Morgan fingerprint density at radius 1 is 1.80 bits per heavy atom. The summed E-state index contributed by atoms with van der Waals surface area (Å²) in [7, 11) is 0. The SMILES string of the molecule is O=c1cc[c]nn1CCF. The Morgan fingerprint density at radius 3 is 3.20 bits per heavy atom. The molecule has 0 fully saturated rings. The number of hydrogen-bond acceptors (Lipinski definition) is 2. The van der Waals surface area contributed by atoms with E-state index in [4.69, 9.17) is 0 Å². The van der Waals surface area contributed by atoms with E-state index in [1.54, 1.807) is 0 Å². The number of aryl methyl sites for hydroxylation is 1. The predicted octanol–water partition coefficient (Wildman–Crippen LogP) is 0.0130. The monoisotopic (exact) mass is 141 g/mol. The van der Waals surface area contributed by atoms with Gasteiger partial charge in [-0.05, 0) is 6.07 Å². The zero-order valence-corrected chi connectivity index (χ0v) is 5.25. The molecule has 0 spiro atoms. The lowest BCUT2D eigenvalue weighted by Gasteiger charge is -1.95. The van der Waals surface area contributed by atoms with Gasteiger partial charge >= 0.3 is 0 Å². The van der Waals surface area contributed by atoms with E-state index in [1.165, 1.54) is 12.1 Å². The molecule has 0 unspecified atom stereocenters. The van der Waals surface area contributed by atoms with E-state index in [1.807, 2.05) is 0 Å². The third-order valence-corrected chi connectivity index (χ3v) is 1.03. The molecule has 0 aliphatic rings. The van der Waals surface area contributed by atoms with E-state index in [-0.39, 0.29) is 12.1 Å². The first-order chi connectivity index (χ1) is 4.84. The third-order valence-electron chi connectivity index (χ3n) is 1.03. The molecule has 0 bridgehead atoms. The second-order valence-corrected chi connectivity index (χ2v) is 1.71. The number of hydrogen-bond donors (Lipinski definition) is 0. The minimum Gasteiger partial charge on any atom is -0.268 e. The maximum absolute atomic E-state index is 11.6. The number of rotatable bonds is 2. The fourth-order valence-electron chi connectivity index (χ4n) is 0.587. The van der Waals surface area contributed by atoms with Crippen molar-refractivity contribution < 1.29 is 4.39 Å². The van der Waals surface area contributed by atoms with Gasteiger partial charge in [-0.25, -0.2) is 9.07 Å². The fourth-order valence-corrected chi connectivity index (χ4v) is 0.587. The van der Waals surface area contributed by atoms with Gasteiger partial charge in [-0.1, -0.05) is 0 Å². The van der Waals surface area contributed by atoms with Crippen molar-refractivity contribution in [1.82, 2.24) is 9.78 Å². The molecule has 10 heavy (non-hydrogen) atoms. The van der Waals surface area contributed by atoms with Gasteiger partial charge in [-0.3, -0.25) is 4.79 Å². The number of halogens is 1. The van der Waals surface area contributed by atoms with Crippen LogP contribution in [0.1, 0.15) is 0 Å². The van der Waals surface area contributed by atoms with Gasteiger partial charge in [0, 0.05) is 6.07 Å². The topological polar surface area (TPSA) is 34.9 Å². The molecular formula is C6H6FN2O. The van der Waals surface area contributed by atoms with Crippen molar-refractivity contribution in [1.29, 1.82) is 0 Å². The highest BCUT2D eigenvalue weighted by atomic mass is 19.1. The second-order valence-electron chi connectivity index (χ2n) is 1.71. The van der Waals surface area contributed by atoms with E-state index >= 15 is 0 Å². The summed E-state index contributed by atoms with van der Waals surface area (Å²) in [6.45, 7) is -0.569. The van der Waals surface area contributed by atoms with Crippen molar-refractivity contribution in [2.24, 2.45) is 0 Å². The summed E-state index contributed by atoms with van der Waals surface area (Å²) in [5.41, 5.74) is -0.295. The number of alkyl halides is 1. The van der Waals surface area contributed by atoms with Gasteiger partial charge in [-0.2, -0.15) is 5.10 Å². The van der Waals surface area contributed by atoms with E-state index in [0.29, 0.717) is 0 Å². The first-order valence-corrected chi connectivity index (χ1v) is 2.85. The van der Waals surface area contributed by atoms with Crippen molar-refractivity contribution >= 4 is 0 Å². The molecule has 0 amide bonds. The van der Waals surface area contributed by atoms with Crippen molar-refractivity contribution in [2.75, 3.05) is 6.67 Å². The van der Waals surface area contributed by atoms with E-state index in [2.05, 4.69) is 11.3 Å². The molecule has 1 radical (unpaired) electrons. The summed E-state index contributed by atoms with van der Waals surface area (Å²) in [5.74, 6) is 0. The van der Waals surface area contributed by atoms with Crippen LogP contribution in [0, 0.1) is 6.20 Å². The lowest BCUT2D eigenvalue weighted by Crippen LogP contribution is -2.21. The molecule has 1 aromatic heterocycles. The van der Waals surface area contributed by atoms with E-state index in [0.717, 1.165) is 4.68 Å². The predicted molar refractivity (Wildman–Crippen MR) is 33.3 cm³/mol. The largest absolute Gasteiger partial charge is 0.268 e. The standard InChI is InChI=1S/C6H6FN2O/c7-3-5-9-6(10)2-1-4-8-9/h1-2H,3,5H2. The third kappa shape index (κ3) is 1.40. The summed E-state index contributed by atoms with van der Waals surface area (Å²) in [4.78, 5) is 10.7. The van der Waals surface area contributed by atoms with Gasteiger partial charge in [0.15, 0.2) is 0 Å². The van der Waals surface area contributed by atoms with E-state index in [9.17, 15) is 9.18 Å². The van der Waals surface area contributed by atoms with Crippen molar-refractivity contribution in [2.45, 2.75) is 6.54 Å². The maximum Gasteiger partial charge on any atom is 0.266 e. The average Bonchev–Trinajstić information content (AvgIpc) is 1.94. The quantitative estimate of drug-likeness (QED) is 0.581. The molecule has 1 heterocycles.